The molecule has 0 saturated heterocycles. The summed E-state index contributed by atoms with van der Waals surface area (Å²) in [6.07, 6.45) is 4.50. The number of thiophene rings is 1. The molecule has 1 aliphatic carbocycles. The zero-order valence-corrected chi connectivity index (χ0v) is 13.6. The molecule has 20 heavy (non-hydrogen) atoms. The lowest BCUT2D eigenvalue weighted by Gasteiger charge is -2.14. The Kier molecular flexibility index (Phi) is 3.85. The van der Waals surface area contributed by atoms with Gasteiger partial charge in [-0.3, -0.25) is 4.79 Å². The Morgan fingerprint density at radius 3 is 2.45 bits per heavy atom. The number of hydrogen-bond donors (Lipinski definition) is 2. The van der Waals surface area contributed by atoms with Crippen molar-refractivity contribution in [3.63, 3.8) is 0 Å². The van der Waals surface area contributed by atoms with Crippen molar-refractivity contribution in [3.8, 4) is 0 Å². The van der Waals surface area contributed by atoms with Crippen molar-refractivity contribution < 1.29 is 13.2 Å². The average Bonchev–Trinajstić information content (AvgIpc) is 3.03. The lowest BCUT2D eigenvalue weighted by atomic mass is 10.0. The molecule has 1 fully saturated rings. The van der Waals surface area contributed by atoms with Crippen molar-refractivity contribution >= 4 is 37.6 Å². The normalized spacial score (nSPS) is 16.9. The molecule has 0 aromatic carbocycles. The maximum atomic E-state index is 11.9. The third-order valence-electron chi connectivity index (χ3n) is 3.92. The molecule has 1 aliphatic rings. The molecule has 7 heteroatoms. The Bertz CT molecular complexity index is 643. The van der Waals surface area contributed by atoms with Gasteiger partial charge >= 0.3 is 0 Å². The number of anilines is 2. The summed E-state index contributed by atoms with van der Waals surface area (Å²) in [5.41, 5.74) is 6.21. The molecular weight excluding hydrogens is 296 g/mol. The van der Waals surface area contributed by atoms with Gasteiger partial charge in [0, 0.05) is 19.7 Å². The summed E-state index contributed by atoms with van der Waals surface area (Å²) in [5.74, 6) is -0.206. The number of carbonyl (C=O) groups excluding carboxylic acids is 1. The first-order chi connectivity index (χ1) is 9.20. The quantitative estimate of drug-likeness (QED) is 0.787. The Morgan fingerprint density at radius 1 is 1.45 bits per heavy atom. The Labute approximate surface area is 123 Å². The number of Topliss-reactive ketones (excluding diaryl/α,β-unsaturated/α-hetero) is 1. The molecule has 0 radical (unpaired) electrons. The summed E-state index contributed by atoms with van der Waals surface area (Å²) in [4.78, 5) is 11.9. The van der Waals surface area contributed by atoms with Crippen LogP contribution >= 0.6 is 11.3 Å². The maximum absolute atomic E-state index is 11.9. The molecule has 1 saturated carbocycles. The predicted molar refractivity (Wildman–Crippen MR) is 82.3 cm³/mol. The number of sulfone groups is 1. The first-order valence-corrected chi connectivity index (χ1v) is 9.28. The highest BCUT2D eigenvalue weighted by atomic mass is 32.2. The summed E-state index contributed by atoms with van der Waals surface area (Å²) >= 11 is 1.14. The smallest absolute Gasteiger partial charge is 0.180 e. The molecule has 0 aliphatic heterocycles. The number of rotatable bonds is 6. The van der Waals surface area contributed by atoms with Gasteiger partial charge in [0.1, 0.15) is 9.90 Å². The molecule has 1 aromatic rings. The van der Waals surface area contributed by atoms with Gasteiger partial charge in [0.25, 0.3) is 0 Å². The molecule has 3 N–H and O–H groups in total. The van der Waals surface area contributed by atoms with E-state index in [0.717, 1.165) is 43.4 Å². The summed E-state index contributed by atoms with van der Waals surface area (Å²) in [6.45, 7) is 4.26. The van der Waals surface area contributed by atoms with E-state index in [1.54, 1.807) is 0 Å². The minimum atomic E-state index is -3.46. The third kappa shape index (κ3) is 2.83. The van der Waals surface area contributed by atoms with Crippen LogP contribution in [0.1, 0.15) is 42.8 Å². The second-order valence-corrected chi connectivity index (χ2v) is 8.51. The van der Waals surface area contributed by atoms with Gasteiger partial charge in [-0.2, -0.15) is 0 Å². The van der Waals surface area contributed by atoms with Crippen molar-refractivity contribution in [1.82, 2.24) is 0 Å². The van der Waals surface area contributed by atoms with Gasteiger partial charge in [0.2, 0.25) is 0 Å². The van der Waals surface area contributed by atoms with E-state index in [2.05, 4.69) is 12.2 Å². The Morgan fingerprint density at radius 2 is 2.05 bits per heavy atom. The van der Waals surface area contributed by atoms with Gasteiger partial charge in [-0.15, -0.1) is 11.3 Å². The van der Waals surface area contributed by atoms with Gasteiger partial charge in [-0.1, -0.05) is 6.92 Å². The van der Waals surface area contributed by atoms with Crippen LogP contribution in [0.2, 0.25) is 0 Å². The fourth-order valence-electron chi connectivity index (χ4n) is 2.27. The molecule has 5 nitrogen and oxygen atoms in total. The number of nitrogens with one attached hydrogen (secondary N) is 1. The van der Waals surface area contributed by atoms with Gasteiger partial charge in [-0.05, 0) is 24.7 Å². The van der Waals surface area contributed by atoms with Crippen molar-refractivity contribution in [2.75, 3.05) is 23.9 Å². The topological polar surface area (TPSA) is 89.3 Å². The largest absolute Gasteiger partial charge is 0.396 e. The van der Waals surface area contributed by atoms with Gasteiger partial charge < -0.3 is 11.1 Å². The zero-order chi connectivity index (χ0) is 15.1. The third-order valence-corrected chi connectivity index (χ3v) is 6.48. The van der Waals surface area contributed by atoms with Crippen LogP contribution in [-0.2, 0) is 9.84 Å². The molecule has 2 rings (SSSR count). The summed E-state index contributed by atoms with van der Waals surface area (Å²) in [6, 6.07) is 0. The number of hydrogen-bond acceptors (Lipinski definition) is 6. The molecule has 0 spiro atoms. The van der Waals surface area contributed by atoms with Gasteiger partial charge in [0.05, 0.1) is 10.6 Å². The lowest BCUT2D eigenvalue weighted by molar-refractivity contribution is 0.102. The summed E-state index contributed by atoms with van der Waals surface area (Å²) in [5, 5.41) is 3.69. The van der Waals surface area contributed by atoms with E-state index < -0.39 is 9.84 Å². The lowest BCUT2D eigenvalue weighted by Crippen LogP contribution is -2.15. The van der Waals surface area contributed by atoms with Crippen LogP contribution in [0, 0.1) is 5.41 Å². The van der Waals surface area contributed by atoms with Crippen LogP contribution in [0.15, 0.2) is 4.90 Å². The molecular formula is C13H20N2O3S2. The van der Waals surface area contributed by atoms with Crippen LogP contribution in [0.3, 0.4) is 0 Å². The molecule has 112 valence electrons. The number of nitrogens with two attached hydrogens (primary N) is 1. The van der Waals surface area contributed by atoms with E-state index in [1.807, 2.05) is 0 Å². The zero-order valence-electron chi connectivity index (χ0n) is 11.9. The van der Waals surface area contributed by atoms with Crippen LogP contribution in [0.25, 0.3) is 0 Å². The van der Waals surface area contributed by atoms with E-state index in [-0.39, 0.29) is 21.8 Å². The monoisotopic (exact) mass is 316 g/mol. The first kappa shape index (κ1) is 15.3. The highest BCUT2D eigenvalue weighted by molar-refractivity contribution is 7.91. The fourth-order valence-corrected chi connectivity index (χ4v) is 4.74. The maximum Gasteiger partial charge on any atom is 0.180 e. The summed E-state index contributed by atoms with van der Waals surface area (Å²) in [7, 11) is -3.46. The SMILES string of the molecule is CCC1(CNc2sc(C(C)=O)c(N)c2S(C)(=O)=O)CC1. The highest BCUT2D eigenvalue weighted by Gasteiger charge is 2.40. The highest BCUT2D eigenvalue weighted by Crippen LogP contribution is 2.49. The van der Waals surface area contributed by atoms with E-state index >= 15 is 0 Å². The van der Waals surface area contributed by atoms with Crippen LogP contribution in [0.5, 0.6) is 0 Å². The first-order valence-electron chi connectivity index (χ1n) is 6.57. The van der Waals surface area contributed by atoms with E-state index in [4.69, 9.17) is 5.73 Å². The van der Waals surface area contributed by atoms with Crippen LogP contribution in [-0.4, -0.2) is 27.0 Å². The standard InChI is InChI=1S/C13H20N2O3S2/c1-4-13(5-6-13)7-15-12-11(20(3,17)18)9(14)10(19-12)8(2)16/h15H,4-7,14H2,1-3H3. The van der Waals surface area contributed by atoms with E-state index in [1.165, 1.54) is 6.92 Å². The number of carbonyl (C=O) groups is 1. The molecule has 0 amide bonds. The molecule has 0 unspecified atom stereocenters. The minimum Gasteiger partial charge on any atom is -0.396 e. The fraction of sp³-hybridized carbons (Fsp3) is 0.615. The van der Waals surface area contributed by atoms with Crippen molar-refractivity contribution in [3.05, 3.63) is 4.88 Å². The van der Waals surface area contributed by atoms with Crippen LogP contribution in [0.4, 0.5) is 10.7 Å². The van der Waals surface area contributed by atoms with Gasteiger partial charge in [-0.25, -0.2) is 8.42 Å². The predicted octanol–water partition coefficient (Wildman–Crippen LogP) is 2.54. The van der Waals surface area contributed by atoms with Crippen molar-refractivity contribution in [1.29, 1.82) is 0 Å². The molecule has 1 aromatic heterocycles. The van der Waals surface area contributed by atoms with Gasteiger partial charge in [0.15, 0.2) is 15.6 Å². The van der Waals surface area contributed by atoms with E-state index in [0.29, 0.717) is 9.88 Å². The molecule has 0 bridgehead atoms. The number of nitrogen functional groups attached to an aromatic ring is 1. The van der Waals surface area contributed by atoms with Crippen molar-refractivity contribution in [2.24, 2.45) is 5.41 Å². The van der Waals surface area contributed by atoms with Crippen molar-refractivity contribution in [2.45, 2.75) is 38.0 Å². The number of ketones is 1. The second-order valence-electron chi connectivity index (χ2n) is 5.54. The average molecular weight is 316 g/mol. The summed E-state index contributed by atoms with van der Waals surface area (Å²) < 4.78 is 23.8. The molecule has 0 atom stereocenters. The Hall–Kier alpha value is -1.08. The van der Waals surface area contributed by atoms with Crippen LogP contribution < -0.4 is 11.1 Å². The second kappa shape index (κ2) is 5.04. The Balaban J connectivity index is 2.36. The minimum absolute atomic E-state index is 0.0691. The van der Waals surface area contributed by atoms with E-state index in [9.17, 15) is 13.2 Å². The molecule has 1 heterocycles.